The molecular formula is C31H28N2. The predicted octanol–water partition coefficient (Wildman–Crippen LogP) is 8.24. The van der Waals surface area contributed by atoms with Crippen LogP contribution in [0, 0.1) is 17.2 Å². The van der Waals surface area contributed by atoms with Crippen molar-refractivity contribution >= 4 is 11.4 Å². The molecule has 0 aromatic heterocycles. The molecule has 0 bridgehead atoms. The average molecular weight is 429 g/mol. The number of nitrogens with zero attached hydrogens (tertiary/aromatic N) is 2. The second kappa shape index (κ2) is 9.76. The molecule has 0 saturated heterocycles. The van der Waals surface area contributed by atoms with E-state index < -0.39 is 0 Å². The van der Waals surface area contributed by atoms with E-state index in [4.69, 9.17) is 0 Å². The van der Waals surface area contributed by atoms with Crippen molar-refractivity contribution in [3.63, 3.8) is 0 Å². The molecule has 2 atom stereocenters. The highest BCUT2D eigenvalue weighted by atomic mass is 15.2. The smallest absolute Gasteiger partial charge is 0.0677 e. The molecule has 0 heterocycles. The lowest BCUT2D eigenvalue weighted by molar-refractivity contribution is 0.365. The third kappa shape index (κ3) is 4.41. The number of hydrogen-bond donors (Lipinski definition) is 0. The molecule has 4 aromatic rings. The molecule has 33 heavy (non-hydrogen) atoms. The molecular weight excluding hydrogens is 400 g/mol. The highest BCUT2D eigenvalue weighted by Crippen LogP contribution is 2.42. The molecule has 0 N–H and O–H groups in total. The van der Waals surface area contributed by atoms with Crippen LogP contribution >= 0.6 is 0 Å². The van der Waals surface area contributed by atoms with E-state index in [1.54, 1.807) is 0 Å². The van der Waals surface area contributed by atoms with Crippen molar-refractivity contribution in [2.24, 2.45) is 5.92 Å². The molecule has 162 valence electrons. The molecule has 1 saturated carbocycles. The van der Waals surface area contributed by atoms with E-state index in [0.29, 0.717) is 0 Å². The molecule has 0 spiro atoms. The largest absolute Gasteiger partial charge is 0.337 e. The summed E-state index contributed by atoms with van der Waals surface area (Å²) in [6.45, 7) is 0. The summed E-state index contributed by atoms with van der Waals surface area (Å²) in [5, 5.41) is 10.0. The van der Waals surface area contributed by atoms with Gasteiger partial charge in [0.2, 0.25) is 0 Å². The summed E-state index contributed by atoms with van der Waals surface area (Å²) in [4.78, 5) is 2.43. The monoisotopic (exact) mass is 428 g/mol. The first kappa shape index (κ1) is 21.0. The zero-order chi connectivity index (χ0) is 22.5. The van der Waals surface area contributed by atoms with E-state index in [1.165, 1.54) is 27.9 Å². The van der Waals surface area contributed by atoms with Crippen molar-refractivity contribution in [3.05, 3.63) is 109 Å². The van der Waals surface area contributed by atoms with Gasteiger partial charge in [-0.05, 0) is 47.7 Å². The highest BCUT2D eigenvalue weighted by molar-refractivity contribution is 5.83. The molecule has 4 aromatic carbocycles. The maximum absolute atomic E-state index is 10.0. The summed E-state index contributed by atoms with van der Waals surface area (Å²) in [6, 6.07) is 41.3. The summed E-state index contributed by atoms with van der Waals surface area (Å²) >= 11 is 0. The maximum Gasteiger partial charge on any atom is 0.0677 e. The Morgan fingerprint density at radius 3 is 1.88 bits per heavy atom. The predicted molar refractivity (Wildman–Crippen MR) is 137 cm³/mol. The third-order valence-electron chi connectivity index (χ3n) is 6.73. The lowest BCUT2D eigenvalue weighted by Gasteiger charge is -2.40. The standard InChI is InChI=1S/C31H28N2/c32-23-27-15-7-9-17-30(27)33(28-21-19-25(20-22-28)24-11-3-1-4-12-24)31-18-10-8-16-29(31)26-13-5-2-6-14-26/h1-6,8,10-14,16,18-22,27,30H,7,9,15,17H2. The van der Waals surface area contributed by atoms with Gasteiger partial charge in [-0.15, -0.1) is 0 Å². The zero-order valence-electron chi connectivity index (χ0n) is 18.8. The van der Waals surface area contributed by atoms with E-state index in [-0.39, 0.29) is 12.0 Å². The summed E-state index contributed by atoms with van der Waals surface area (Å²) in [5.41, 5.74) is 7.13. The molecule has 2 heteroatoms. The number of benzene rings is 4. The molecule has 5 rings (SSSR count). The van der Waals surface area contributed by atoms with Crippen LogP contribution in [-0.2, 0) is 0 Å². The van der Waals surface area contributed by atoms with Gasteiger partial charge in [0.05, 0.1) is 18.0 Å². The van der Waals surface area contributed by atoms with Crippen LogP contribution in [0.4, 0.5) is 11.4 Å². The Morgan fingerprint density at radius 2 is 1.18 bits per heavy atom. The van der Waals surface area contributed by atoms with E-state index >= 15 is 0 Å². The van der Waals surface area contributed by atoms with Gasteiger partial charge < -0.3 is 4.90 Å². The van der Waals surface area contributed by atoms with Crippen LogP contribution in [0.5, 0.6) is 0 Å². The number of rotatable bonds is 5. The summed E-state index contributed by atoms with van der Waals surface area (Å²) < 4.78 is 0. The quantitative estimate of drug-likeness (QED) is 0.320. The zero-order valence-corrected chi connectivity index (χ0v) is 18.8. The SMILES string of the molecule is N#CC1CCCCC1N(c1ccc(-c2ccccc2)cc1)c1ccccc1-c1ccccc1. The van der Waals surface area contributed by atoms with E-state index in [1.807, 2.05) is 6.07 Å². The third-order valence-corrected chi connectivity index (χ3v) is 6.73. The van der Waals surface area contributed by atoms with Gasteiger partial charge in [0.15, 0.2) is 0 Å². The lowest BCUT2D eigenvalue weighted by Crippen LogP contribution is -2.39. The van der Waals surface area contributed by atoms with Gasteiger partial charge in [0.1, 0.15) is 0 Å². The molecule has 2 unspecified atom stereocenters. The Morgan fingerprint density at radius 1 is 0.606 bits per heavy atom. The van der Waals surface area contributed by atoms with Crippen molar-refractivity contribution in [2.75, 3.05) is 4.90 Å². The molecule has 1 aliphatic rings. The molecule has 0 aliphatic heterocycles. The Bertz CT molecular complexity index is 1220. The minimum Gasteiger partial charge on any atom is -0.337 e. The summed E-state index contributed by atoms with van der Waals surface area (Å²) in [7, 11) is 0. The van der Waals surface area contributed by atoms with Crippen LogP contribution in [0.2, 0.25) is 0 Å². The first-order chi connectivity index (χ1) is 16.3. The number of nitriles is 1. The molecule has 1 fully saturated rings. The number of para-hydroxylation sites is 1. The van der Waals surface area contributed by atoms with Crippen LogP contribution < -0.4 is 4.90 Å². The fourth-order valence-corrected chi connectivity index (χ4v) is 5.07. The van der Waals surface area contributed by atoms with Crippen molar-refractivity contribution in [3.8, 4) is 28.3 Å². The number of anilines is 2. The minimum absolute atomic E-state index is 0.0244. The molecule has 1 aliphatic carbocycles. The van der Waals surface area contributed by atoms with E-state index in [9.17, 15) is 5.26 Å². The first-order valence-electron chi connectivity index (χ1n) is 11.8. The topological polar surface area (TPSA) is 27.0 Å². The normalized spacial score (nSPS) is 17.8. The second-order valence-corrected chi connectivity index (χ2v) is 8.75. The van der Waals surface area contributed by atoms with Crippen LogP contribution in [-0.4, -0.2) is 6.04 Å². The fraction of sp³-hybridized carbons (Fsp3) is 0.194. The van der Waals surface area contributed by atoms with Crippen LogP contribution in [0.15, 0.2) is 109 Å². The van der Waals surface area contributed by atoms with Gasteiger partial charge >= 0.3 is 0 Å². The first-order valence-corrected chi connectivity index (χ1v) is 11.8. The highest BCUT2D eigenvalue weighted by Gasteiger charge is 2.32. The van der Waals surface area contributed by atoms with Gasteiger partial charge in [-0.3, -0.25) is 0 Å². The Hall–Kier alpha value is -3.83. The molecule has 2 nitrogen and oxygen atoms in total. The fourth-order valence-electron chi connectivity index (χ4n) is 5.07. The van der Waals surface area contributed by atoms with Crippen molar-refractivity contribution in [2.45, 2.75) is 31.7 Å². The Kier molecular flexibility index (Phi) is 6.22. The van der Waals surface area contributed by atoms with Crippen molar-refractivity contribution in [1.82, 2.24) is 0 Å². The van der Waals surface area contributed by atoms with Gasteiger partial charge in [-0.1, -0.05) is 104 Å². The Labute approximate surface area is 196 Å². The van der Waals surface area contributed by atoms with Crippen molar-refractivity contribution < 1.29 is 0 Å². The van der Waals surface area contributed by atoms with Crippen molar-refractivity contribution in [1.29, 1.82) is 5.26 Å². The average Bonchev–Trinajstić information content (AvgIpc) is 2.91. The summed E-state index contributed by atoms with van der Waals surface area (Å²) in [6.07, 6.45) is 4.29. The van der Waals surface area contributed by atoms with E-state index in [0.717, 1.165) is 31.4 Å². The van der Waals surface area contributed by atoms with Crippen LogP contribution in [0.3, 0.4) is 0 Å². The maximum atomic E-state index is 10.0. The number of hydrogen-bond acceptors (Lipinski definition) is 2. The second-order valence-electron chi connectivity index (χ2n) is 8.75. The van der Waals surface area contributed by atoms with Gasteiger partial charge in [-0.25, -0.2) is 0 Å². The summed E-state index contributed by atoms with van der Waals surface area (Å²) in [5.74, 6) is 0.0244. The molecule has 0 amide bonds. The van der Waals surface area contributed by atoms with E-state index in [2.05, 4.69) is 114 Å². The minimum atomic E-state index is 0.0244. The van der Waals surface area contributed by atoms with Gasteiger partial charge in [0, 0.05) is 16.9 Å². The van der Waals surface area contributed by atoms with Crippen LogP contribution in [0.25, 0.3) is 22.3 Å². The van der Waals surface area contributed by atoms with Gasteiger partial charge in [0.25, 0.3) is 0 Å². The lowest BCUT2D eigenvalue weighted by atomic mass is 9.83. The Balaban J connectivity index is 1.62. The molecule has 0 radical (unpaired) electrons. The van der Waals surface area contributed by atoms with Gasteiger partial charge in [-0.2, -0.15) is 5.26 Å². The van der Waals surface area contributed by atoms with Crippen LogP contribution in [0.1, 0.15) is 25.7 Å².